The van der Waals surface area contributed by atoms with Crippen LogP contribution >= 0.6 is 11.8 Å². The lowest BCUT2D eigenvalue weighted by Crippen LogP contribution is -2.59. The number of benzene rings is 1. The average Bonchev–Trinajstić information content (AvgIpc) is 2.70. The molecule has 34 heavy (non-hydrogen) atoms. The standard InChI is InChI=1S/C19H20F3N3O8S/c1-9(26)29-8-14-16(30-10(2)27)15(24-25-23)17(31-11(3)28)18(32-14)34-13-6-4-12(5-7-13)33-19(20,21)22/h4-7,14-18H,8H2,1-3H3/t14?,15-,16-,17?,18+/m0/s1. The normalized spacial score (nSPS) is 24.4. The fraction of sp³-hybridized carbons (Fsp3) is 0.526. The fourth-order valence-electron chi connectivity index (χ4n) is 3.02. The number of hydrogen-bond donors (Lipinski definition) is 0. The maximum atomic E-state index is 12.4. The van der Waals surface area contributed by atoms with Crippen LogP contribution < -0.4 is 4.74 Å². The Labute approximate surface area is 195 Å². The number of rotatable bonds is 8. The SMILES string of the molecule is CC(=O)OCC1O[C@H](Sc2ccc(OC(F)(F)F)cc2)C(OC(C)=O)[C@@H](N=[N+]=[N-])[C@H]1OC(C)=O. The number of esters is 3. The Bertz CT molecular complexity index is 940. The van der Waals surface area contributed by atoms with E-state index in [0.717, 1.165) is 44.7 Å². The van der Waals surface area contributed by atoms with E-state index in [0.29, 0.717) is 4.90 Å². The second kappa shape index (κ2) is 11.8. The molecule has 5 atom stereocenters. The van der Waals surface area contributed by atoms with Gasteiger partial charge in [0.2, 0.25) is 0 Å². The first-order chi connectivity index (χ1) is 15.9. The van der Waals surface area contributed by atoms with E-state index in [1.807, 2.05) is 0 Å². The highest BCUT2D eigenvalue weighted by molar-refractivity contribution is 7.99. The van der Waals surface area contributed by atoms with Crippen LogP contribution in [0.3, 0.4) is 0 Å². The van der Waals surface area contributed by atoms with Crippen molar-refractivity contribution in [1.29, 1.82) is 0 Å². The van der Waals surface area contributed by atoms with Gasteiger partial charge in [0.1, 0.15) is 42.1 Å². The Morgan fingerprint density at radius 3 is 2.15 bits per heavy atom. The molecule has 0 amide bonds. The third-order valence-electron chi connectivity index (χ3n) is 4.17. The molecule has 186 valence electrons. The number of alkyl halides is 3. The van der Waals surface area contributed by atoms with E-state index in [1.54, 1.807) is 0 Å². The first-order valence-corrected chi connectivity index (χ1v) is 10.5. The summed E-state index contributed by atoms with van der Waals surface area (Å²) in [6, 6.07) is 3.49. The second-order valence-electron chi connectivity index (χ2n) is 6.83. The zero-order chi connectivity index (χ0) is 25.5. The number of ether oxygens (including phenoxy) is 5. The largest absolute Gasteiger partial charge is 0.573 e. The second-order valence-corrected chi connectivity index (χ2v) is 8.00. The Morgan fingerprint density at radius 1 is 1.06 bits per heavy atom. The summed E-state index contributed by atoms with van der Waals surface area (Å²) in [6.07, 6.45) is -8.50. The number of carbonyl (C=O) groups is 3. The Kier molecular flexibility index (Phi) is 9.41. The van der Waals surface area contributed by atoms with Gasteiger partial charge in [0.25, 0.3) is 0 Å². The summed E-state index contributed by atoms with van der Waals surface area (Å²) in [5, 5.41) is 3.62. The third kappa shape index (κ3) is 8.32. The van der Waals surface area contributed by atoms with E-state index in [4.69, 9.17) is 24.5 Å². The van der Waals surface area contributed by atoms with Crippen LogP contribution in [-0.4, -0.2) is 60.7 Å². The molecule has 0 spiro atoms. The number of carbonyl (C=O) groups excluding carboxylic acids is 3. The van der Waals surface area contributed by atoms with Crippen LogP contribution in [-0.2, 0) is 33.3 Å². The molecular weight excluding hydrogens is 487 g/mol. The van der Waals surface area contributed by atoms with E-state index in [1.165, 1.54) is 12.1 Å². The summed E-state index contributed by atoms with van der Waals surface area (Å²) >= 11 is 0.929. The van der Waals surface area contributed by atoms with Gasteiger partial charge in [-0.1, -0.05) is 16.9 Å². The van der Waals surface area contributed by atoms with Crippen molar-refractivity contribution in [3.8, 4) is 5.75 Å². The first kappa shape index (κ1) is 27.1. The quantitative estimate of drug-likeness (QED) is 0.170. The van der Waals surface area contributed by atoms with E-state index >= 15 is 0 Å². The molecule has 1 aliphatic heterocycles. The van der Waals surface area contributed by atoms with E-state index in [-0.39, 0.29) is 6.61 Å². The molecule has 15 heteroatoms. The van der Waals surface area contributed by atoms with Crippen molar-refractivity contribution in [2.24, 2.45) is 5.11 Å². The minimum Gasteiger partial charge on any atom is -0.463 e. The predicted molar refractivity (Wildman–Crippen MR) is 108 cm³/mol. The summed E-state index contributed by atoms with van der Waals surface area (Å²) < 4.78 is 62.4. The summed E-state index contributed by atoms with van der Waals surface area (Å²) in [5.74, 6) is -2.62. The van der Waals surface area contributed by atoms with Gasteiger partial charge in [-0.05, 0) is 29.8 Å². The lowest BCUT2D eigenvalue weighted by atomic mass is 9.97. The van der Waals surface area contributed by atoms with Gasteiger partial charge in [-0.3, -0.25) is 14.4 Å². The molecule has 1 saturated heterocycles. The van der Waals surface area contributed by atoms with Gasteiger partial charge in [-0.2, -0.15) is 0 Å². The highest BCUT2D eigenvalue weighted by atomic mass is 32.2. The lowest BCUT2D eigenvalue weighted by molar-refractivity contribution is -0.274. The molecule has 1 aromatic carbocycles. The zero-order valence-corrected chi connectivity index (χ0v) is 18.9. The monoisotopic (exact) mass is 507 g/mol. The maximum absolute atomic E-state index is 12.4. The van der Waals surface area contributed by atoms with E-state index < -0.39 is 59.8 Å². The molecule has 0 aliphatic carbocycles. The van der Waals surface area contributed by atoms with Gasteiger partial charge >= 0.3 is 24.3 Å². The van der Waals surface area contributed by atoms with Gasteiger partial charge in [0.05, 0.1) is 0 Å². The number of hydrogen-bond acceptors (Lipinski definition) is 10. The summed E-state index contributed by atoms with van der Waals surface area (Å²) in [7, 11) is 0. The molecule has 0 bridgehead atoms. The minimum atomic E-state index is -4.86. The van der Waals surface area contributed by atoms with Gasteiger partial charge in [0.15, 0.2) is 0 Å². The maximum Gasteiger partial charge on any atom is 0.573 e. The summed E-state index contributed by atoms with van der Waals surface area (Å²) in [4.78, 5) is 37.8. The highest BCUT2D eigenvalue weighted by Crippen LogP contribution is 2.38. The molecule has 1 heterocycles. The Morgan fingerprint density at radius 2 is 1.65 bits per heavy atom. The van der Waals surface area contributed by atoms with Crippen molar-refractivity contribution in [3.63, 3.8) is 0 Å². The Balaban J connectivity index is 2.37. The van der Waals surface area contributed by atoms with Gasteiger partial charge < -0.3 is 23.7 Å². The third-order valence-corrected chi connectivity index (χ3v) is 5.32. The van der Waals surface area contributed by atoms with Gasteiger partial charge in [0, 0.05) is 30.6 Å². The van der Waals surface area contributed by atoms with Crippen LogP contribution in [0.1, 0.15) is 20.8 Å². The first-order valence-electron chi connectivity index (χ1n) is 9.59. The Hall–Kier alpha value is -3.16. The molecule has 1 fully saturated rings. The van der Waals surface area contributed by atoms with Crippen LogP contribution in [0, 0.1) is 0 Å². The minimum absolute atomic E-state index is 0.382. The van der Waals surface area contributed by atoms with Crippen LogP contribution in [0.15, 0.2) is 34.3 Å². The highest BCUT2D eigenvalue weighted by Gasteiger charge is 2.50. The zero-order valence-electron chi connectivity index (χ0n) is 18.1. The summed E-state index contributed by atoms with van der Waals surface area (Å²) in [6.45, 7) is 2.96. The average molecular weight is 507 g/mol. The van der Waals surface area contributed by atoms with Crippen molar-refractivity contribution in [3.05, 3.63) is 34.7 Å². The van der Waals surface area contributed by atoms with Crippen molar-refractivity contribution in [2.75, 3.05) is 6.61 Å². The molecule has 0 radical (unpaired) electrons. The predicted octanol–water partition coefficient (Wildman–Crippen LogP) is 3.51. The molecule has 0 aromatic heterocycles. The number of halogens is 3. The summed E-state index contributed by atoms with van der Waals surface area (Å²) in [5.41, 5.74) is 7.98. The molecule has 0 N–H and O–H groups in total. The smallest absolute Gasteiger partial charge is 0.463 e. The van der Waals surface area contributed by atoms with Crippen molar-refractivity contribution < 1.29 is 51.2 Å². The van der Waals surface area contributed by atoms with E-state index in [2.05, 4.69) is 14.8 Å². The number of nitrogens with zero attached hydrogens (tertiary/aromatic N) is 3. The molecule has 2 rings (SSSR count). The molecule has 11 nitrogen and oxygen atoms in total. The molecular formula is C19H20F3N3O8S. The van der Waals surface area contributed by atoms with Crippen molar-refractivity contribution in [1.82, 2.24) is 0 Å². The number of azide groups is 1. The van der Waals surface area contributed by atoms with Crippen LogP contribution in [0.2, 0.25) is 0 Å². The van der Waals surface area contributed by atoms with Crippen LogP contribution in [0.4, 0.5) is 13.2 Å². The van der Waals surface area contributed by atoms with Crippen LogP contribution in [0.25, 0.3) is 10.4 Å². The molecule has 1 aliphatic rings. The van der Waals surface area contributed by atoms with Gasteiger partial charge in [-0.15, -0.1) is 13.2 Å². The fourth-order valence-corrected chi connectivity index (χ4v) is 4.13. The van der Waals surface area contributed by atoms with Crippen LogP contribution in [0.5, 0.6) is 5.75 Å². The van der Waals surface area contributed by atoms with Crippen molar-refractivity contribution >= 4 is 29.7 Å². The van der Waals surface area contributed by atoms with Crippen molar-refractivity contribution in [2.45, 2.75) is 61.8 Å². The molecule has 0 saturated carbocycles. The lowest BCUT2D eigenvalue weighted by Gasteiger charge is -2.43. The van der Waals surface area contributed by atoms with Gasteiger partial charge in [-0.25, -0.2) is 0 Å². The topological polar surface area (TPSA) is 146 Å². The molecule has 1 aromatic rings. The molecule has 2 unspecified atom stereocenters. The van der Waals surface area contributed by atoms with E-state index in [9.17, 15) is 27.6 Å². The number of thioether (sulfide) groups is 1.